The fourth-order valence-corrected chi connectivity index (χ4v) is 5.82. The highest BCUT2D eigenvalue weighted by atomic mass is 32.1. The second-order valence-corrected chi connectivity index (χ2v) is 9.54. The predicted octanol–water partition coefficient (Wildman–Crippen LogP) is 3.59. The Kier molecular flexibility index (Phi) is 6.08. The molecule has 0 saturated carbocycles. The van der Waals surface area contributed by atoms with Gasteiger partial charge in [0, 0.05) is 11.3 Å². The third-order valence-corrected chi connectivity index (χ3v) is 7.35. The van der Waals surface area contributed by atoms with Crippen LogP contribution in [0.2, 0.25) is 0 Å². The number of primary amides is 1. The average molecular weight is 491 g/mol. The van der Waals surface area contributed by atoms with Crippen LogP contribution in [0.25, 0.3) is 0 Å². The van der Waals surface area contributed by atoms with Crippen LogP contribution in [0.4, 0.5) is 5.00 Å². The SMILES string of the molecule is NC(=O)c1c(NC(=O)COC(=O)c2ccc3c(c2)CC(c2ccccc2)OC3=O)sc2c1CCC2. The summed E-state index contributed by atoms with van der Waals surface area (Å²) in [6, 6.07) is 14.0. The second-order valence-electron chi connectivity index (χ2n) is 8.43. The van der Waals surface area contributed by atoms with E-state index < -0.39 is 36.5 Å². The number of cyclic esters (lactones) is 1. The van der Waals surface area contributed by atoms with E-state index in [0.717, 1.165) is 35.3 Å². The van der Waals surface area contributed by atoms with E-state index in [-0.39, 0.29) is 5.56 Å². The van der Waals surface area contributed by atoms with Crippen molar-refractivity contribution in [3.63, 3.8) is 0 Å². The summed E-state index contributed by atoms with van der Waals surface area (Å²) in [6.07, 6.45) is 2.54. The molecule has 2 aromatic carbocycles. The van der Waals surface area contributed by atoms with Gasteiger partial charge in [0.1, 0.15) is 11.1 Å². The van der Waals surface area contributed by atoms with E-state index >= 15 is 0 Å². The van der Waals surface area contributed by atoms with Crippen molar-refractivity contribution in [1.82, 2.24) is 0 Å². The molecule has 1 aromatic heterocycles. The maximum absolute atomic E-state index is 12.6. The summed E-state index contributed by atoms with van der Waals surface area (Å²) in [5.41, 5.74) is 8.93. The largest absolute Gasteiger partial charge is 0.454 e. The number of carbonyl (C=O) groups excluding carboxylic acids is 4. The first-order chi connectivity index (χ1) is 16.9. The number of nitrogens with one attached hydrogen (secondary N) is 1. The Labute approximate surface area is 205 Å². The van der Waals surface area contributed by atoms with Crippen molar-refractivity contribution in [3.8, 4) is 0 Å². The van der Waals surface area contributed by atoms with E-state index in [2.05, 4.69) is 5.32 Å². The lowest BCUT2D eigenvalue weighted by Gasteiger charge is -2.25. The number of amides is 2. The summed E-state index contributed by atoms with van der Waals surface area (Å²) in [5, 5.41) is 3.04. The minimum absolute atomic E-state index is 0.228. The molecule has 1 aliphatic heterocycles. The van der Waals surface area contributed by atoms with E-state index in [0.29, 0.717) is 28.1 Å². The summed E-state index contributed by atoms with van der Waals surface area (Å²) in [7, 11) is 0. The first-order valence-electron chi connectivity index (χ1n) is 11.2. The van der Waals surface area contributed by atoms with Gasteiger partial charge in [-0.1, -0.05) is 30.3 Å². The van der Waals surface area contributed by atoms with Crippen molar-refractivity contribution < 1.29 is 28.7 Å². The highest BCUT2D eigenvalue weighted by Crippen LogP contribution is 2.38. The van der Waals surface area contributed by atoms with Gasteiger partial charge in [0.05, 0.1) is 16.7 Å². The quantitative estimate of drug-likeness (QED) is 0.509. The Hall–Kier alpha value is -3.98. The smallest absolute Gasteiger partial charge is 0.339 e. The molecule has 1 aliphatic carbocycles. The summed E-state index contributed by atoms with van der Waals surface area (Å²) in [4.78, 5) is 50.4. The van der Waals surface area contributed by atoms with Crippen molar-refractivity contribution in [3.05, 3.63) is 86.8 Å². The van der Waals surface area contributed by atoms with Gasteiger partial charge in [0.2, 0.25) is 0 Å². The van der Waals surface area contributed by atoms with E-state index in [1.807, 2.05) is 30.3 Å². The zero-order valence-corrected chi connectivity index (χ0v) is 19.5. The van der Waals surface area contributed by atoms with Crippen molar-refractivity contribution >= 4 is 40.1 Å². The van der Waals surface area contributed by atoms with Gasteiger partial charge in [-0.3, -0.25) is 9.59 Å². The molecule has 0 radical (unpaired) electrons. The zero-order chi connectivity index (χ0) is 24.5. The number of ether oxygens (including phenoxy) is 2. The molecule has 1 atom stereocenters. The van der Waals surface area contributed by atoms with Crippen LogP contribution in [0, 0.1) is 0 Å². The Bertz CT molecular complexity index is 1350. The van der Waals surface area contributed by atoms with Crippen LogP contribution in [0.1, 0.15) is 65.2 Å². The molecule has 2 heterocycles. The fourth-order valence-electron chi connectivity index (χ4n) is 4.51. The third-order valence-electron chi connectivity index (χ3n) is 6.14. The summed E-state index contributed by atoms with van der Waals surface area (Å²) in [5.74, 6) is -2.29. The first-order valence-corrected chi connectivity index (χ1v) is 12.0. The lowest BCUT2D eigenvalue weighted by Crippen LogP contribution is -2.24. The number of fused-ring (bicyclic) bond motifs is 2. The highest BCUT2D eigenvalue weighted by molar-refractivity contribution is 7.17. The van der Waals surface area contributed by atoms with Crippen LogP contribution in [-0.2, 0) is 33.5 Å². The summed E-state index contributed by atoms with van der Waals surface area (Å²) < 4.78 is 10.7. The van der Waals surface area contributed by atoms with Crippen molar-refractivity contribution in [2.75, 3.05) is 11.9 Å². The molecule has 3 N–H and O–H groups in total. The molecule has 0 saturated heterocycles. The van der Waals surface area contributed by atoms with Gasteiger partial charge in [-0.05, 0) is 54.2 Å². The molecule has 0 fully saturated rings. The number of carbonyl (C=O) groups is 4. The molecule has 8 nitrogen and oxygen atoms in total. The Morgan fingerprint density at radius 3 is 2.69 bits per heavy atom. The molecule has 0 bridgehead atoms. The van der Waals surface area contributed by atoms with Crippen LogP contribution in [-0.4, -0.2) is 30.4 Å². The second kappa shape index (κ2) is 9.34. The van der Waals surface area contributed by atoms with Gasteiger partial charge in [-0.25, -0.2) is 9.59 Å². The van der Waals surface area contributed by atoms with Crippen LogP contribution in [0.15, 0.2) is 48.5 Å². The number of hydrogen-bond donors (Lipinski definition) is 2. The number of anilines is 1. The van der Waals surface area contributed by atoms with Gasteiger partial charge in [-0.15, -0.1) is 11.3 Å². The minimum atomic E-state index is -0.693. The van der Waals surface area contributed by atoms with Gasteiger partial charge < -0.3 is 20.5 Å². The number of nitrogens with two attached hydrogens (primary N) is 1. The number of esters is 2. The van der Waals surface area contributed by atoms with Crippen LogP contribution in [0.5, 0.6) is 0 Å². The molecule has 35 heavy (non-hydrogen) atoms. The molecular weight excluding hydrogens is 468 g/mol. The monoisotopic (exact) mass is 490 g/mol. The Morgan fingerprint density at radius 1 is 1.11 bits per heavy atom. The average Bonchev–Trinajstić information content (AvgIpc) is 3.43. The standard InChI is InChI=1S/C26H22N2O6S/c27-23(30)22-18-7-4-8-20(18)35-24(22)28-21(29)13-33-25(31)15-9-10-17-16(11-15)12-19(34-26(17)32)14-5-2-1-3-6-14/h1-3,5-6,9-11,19H,4,7-8,12-13H2,(H2,27,30)(H,28,29). The topological polar surface area (TPSA) is 125 Å². The fraction of sp³-hybridized carbons (Fsp3) is 0.231. The summed E-state index contributed by atoms with van der Waals surface area (Å²) in [6.45, 7) is -0.522. The van der Waals surface area contributed by atoms with Gasteiger partial charge in [-0.2, -0.15) is 0 Å². The van der Waals surface area contributed by atoms with E-state index in [1.54, 1.807) is 6.07 Å². The van der Waals surface area contributed by atoms with Gasteiger partial charge in [0.25, 0.3) is 11.8 Å². The molecule has 9 heteroatoms. The lowest BCUT2D eigenvalue weighted by molar-refractivity contribution is -0.119. The molecule has 5 rings (SSSR count). The number of thiophene rings is 1. The number of benzene rings is 2. The first kappa shape index (κ1) is 22.8. The normalized spacial score (nSPS) is 16.1. The van der Waals surface area contributed by atoms with Crippen LogP contribution >= 0.6 is 11.3 Å². The van der Waals surface area contributed by atoms with E-state index in [4.69, 9.17) is 15.2 Å². The molecular formula is C26H22N2O6S. The Morgan fingerprint density at radius 2 is 1.91 bits per heavy atom. The summed E-state index contributed by atoms with van der Waals surface area (Å²) >= 11 is 1.33. The molecule has 3 aromatic rings. The third kappa shape index (κ3) is 4.54. The molecule has 2 aliphatic rings. The maximum atomic E-state index is 12.6. The number of hydrogen-bond acceptors (Lipinski definition) is 7. The van der Waals surface area contributed by atoms with Gasteiger partial charge >= 0.3 is 11.9 Å². The van der Waals surface area contributed by atoms with Crippen molar-refractivity contribution in [2.24, 2.45) is 5.73 Å². The van der Waals surface area contributed by atoms with Crippen LogP contribution in [0.3, 0.4) is 0 Å². The molecule has 0 spiro atoms. The van der Waals surface area contributed by atoms with Crippen molar-refractivity contribution in [1.29, 1.82) is 0 Å². The molecule has 178 valence electrons. The van der Waals surface area contributed by atoms with Crippen molar-refractivity contribution in [2.45, 2.75) is 31.8 Å². The predicted molar refractivity (Wildman–Crippen MR) is 129 cm³/mol. The van der Waals surface area contributed by atoms with Gasteiger partial charge in [0.15, 0.2) is 6.61 Å². The lowest BCUT2D eigenvalue weighted by atomic mass is 9.93. The Balaban J connectivity index is 1.25. The number of rotatable bonds is 6. The molecule has 2 amide bonds. The highest BCUT2D eigenvalue weighted by Gasteiger charge is 2.29. The maximum Gasteiger partial charge on any atom is 0.339 e. The van der Waals surface area contributed by atoms with Crippen LogP contribution < -0.4 is 11.1 Å². The number of aryl methyl sites for hydroxylation is 1. The minimum Gasteiger partial charge on any atom is -0.454 e. The zero-order valence-electron chi connectivity index (χ0n) is 18.7. The van der Waals surface area contributed by atoms with E-state index in [1.165, 1.54) is 23.5 Å². The van der Waals surface area contributed by atoms with E-state index in [9.17, 15) is 19.2 Å². The molecule has 1 unspecified atom stereocenters.